The van der Waals surface area contributed by atoms with Gasteiger partial charge in [0, 0.05) is 31.2 Å². The molecule has 0 aliphatic heterocycles. The molecule has 2 saturated carbocycles. The van der Waals surface area contributed by atoms with Gasteiger partial charge < -0.3 is 30.7 Å². The van der Waals surface area contributed by atoms with E-state index < -0.39 is 0 Å². The number of hydrogen-bond acceptors (Lipinski definition) is 9. The van der Waals surface area contributed by atoms with E-state index in [9.17, 15) is 4.79 Å². The summed E-state index contributed by atoms with van der Waals surface area (Å²) in [4.78, 5) is 25.9. The fourth-order valence-corrected chi connectivity index (χ4v) is 5.14. The van der Waals surface area contributed by atoms with Crippen molar-refractivity contribution < 1.29 is 14.3 Å². The minimum absolute atomic E-state index is 0.0932. The molecule has 4 N–H and O–H groups in total. The molecule has 2 aliphatic carbocycles. The Morgan fingerprint density at radius 1 is 0.718 bits per heavy atom. The van der Waals surface area contributed by atoms with Crippen molar-refractivity contribution in [3.8, 4) is 0 Å². The van der Waals surface area contributed by atoms with Crippen LogP contribution in [0.15, 0.2) is 30.3 Å². The van der Waals surface area contributed by atoms with Gasteiger partial charge in [0.25, 0.3) is 5.91 Å². The Morgan fingerprint density at radius 3 is 2.05 bits per heavy atom. The molecule has 10 nitrogen and oxygen atoms in total. The van der Waals surface area contributed by atoms with E-state index in [0.717, 1.165) is 19.4 Å². The summed E-state index contributed by atoms with van der Waals surface area (Å²) in [5, 5.41) is 13.1. The van der Waals surface area contributed by atoms with E-state index in [1.165, 1.54) is 51.4 Å². The van der Waals surface area contributed by atoms with E-state index in [2.05, 4.69) is 36.2 Å². The van der Waals surface area contributed by atoms with Crippen LogP contribution in [0.1, 0.15) is 74.6 Å². The van der Waals surface area contributed by atoms with E-state index in [1.807, 2.05) is 18.2 Å². The Balaban J connectivity index is 1.13. The van der Waals surface area contributed by atoms with E-state index in [1.54, 1.807) is 12.1 Å². The summed E-state index contributed by atoms with van der Waals surface area (Å²) < 4.78 is 11.2. The van der Waals surface area contributed by atoms with Gasteiger partial charge in [0.05, 0.1) is 26.4 Å². The molecule has 0 spiro atoms. The first-order chi connectivity index (χ1) is 19.3. The van der Waals surface area contributed by atoms with E-state index >= 15 is 0 Å². The van der Waals surface area contributed by atoms with Gasteiger partial charge in [0.1, 0.15) is 0 Å². The monoisotopic (exact) mass is 539 g/mol. The highest BCUT2D eigenvalue weighted by Crippen LogP contribution is 2.24. The second-order valence-corrected chi connectivity index (χ2v) is 10.4. The van der Waals surface area contributed by atoms with Crippen LogP contribution >= 0.6 is 0 Å². The van der Waals surface area contributed by atoms with Gasteiger partial charge in [-0.2, -0.15) is 15.0 Å². The van der Waals surface area contributed by atoms with Gasteiger partial charge in [-0.3, -0.25) is 4.79 Å². The second kappa shape index (κ2) is 16.9. The molecule has 0 radical (unpaired) electrons. The molecular weight excluding hydrogens is 494 g/mol. The summed E-state index contributed by atoms with van der Waals surface area (Å²) in [5.74, 6) is 2.43. The molecule has 2 aliphatic rings. The SMILES string of the molecule is O=C(NCCOCCOCCNc1nc(NCC2CCCCC2)nc(NC2CCCCC2)n1)c1ccccc1. The number of carbonyl (C=O) groups is 1. The molecule has 1 amide bonds. The van der Waals surface area contributed by atoms with Crippen molar-refractivity contribution in [2.75, 3.05) is 62.0 Å². The standard InChI is InChI=1S/C29H45N7O3/c37-26(24-12-6-2-7-13-24)30-16-18-38-20-21-39-19-17-31-27-34-28(32-22-23-10-4-1-5-11-23)36-29(35-27)33-25-14-8-3-9-15-25/h2,6-7,12-13,23,25H,1,3-5,8-11,14-22H2,(H,30,37)(H3,31,32,33,34,35,36). The van der Waals surface area contributed by atoms with Crippen molar-refractivity contribution in [3.63, 3.8) is 0 Å². The van der Waals surface area contributed by atoms with Gasteiger partial charge in [0.2, 0.25) is 17.8 Å². The van der Waals surface area contributed by atoms with Crippen molar-refractivity contribution in [3.05, 3.63) is 35.9 Å². The largest absolute Gasteiger partial charge is 0.377 e. The third kappa shape index (κ3) is 11.0. The van der Waals surface area contributed by atoms with Gasteiger partial charge in [-0.25, -0.2) is 0 Å². The van der Waals surface area contributed by atoms with E-state index in [0.29, 0.717) is 74.9 Å². The topological polar surface area (TPSA) is 122 Å². The number of aromatic nitrogens is 3. The quantitative estimate of drug-likeness (QED) is 0.229. The Hall–Kier alpha value is -2.98. The molecule has 39 heavy (non-hydrogen) atoms. The number of nitrogens with zero attached hydrogens (tertiary/aromatic N) is 3. The Labute approximate surface area is 232 Å². The Morgan fingerprint density at radius 2 is 1.33 bits per heavy atom. The van der Waals surface area contributed by atoms with E-state index in [4.69, 9.17) is 9.47 Å². The van der Waals surface area contributed by atoms with Crippen LogP contribution in [0.2, 0.25) is 0 Å². The Kier molecular flexibility index (Phi) is 12.5. The molecule has 4 rings (SSSR count). The van der Waals surface area contributed by atoms with Crippen LogP contribution in [0, 0.1) is 5.92 Å². The average Bonchev–Trinajstić information content (AvgIpc) is 2.98. The molecule has 214 valence electrons. The van der Waals surface area contributed by atoms with Gasteiger partial charge in [0.15, 0.2) is 0 Å². The predicted octanol–water partition coefficient (Wildman–Crippen LogP) is 4.48. The number of amides is 1. The number of ether oxygens (including phenoxy) is 2. The van der Waals surface area contributed by atoms with Crippen LogP contribution in [0.3, 0.4) is 0 Å². The number of anilines is 3. The summed E-state index contributed by atoms with van der Waals surface area (Å²) in [5.41, 5.74) is 0.649. The molecule has 0 atom stereocenters. The molecular formula is C29H45N7O3. The number of benzene rings is 1. The first-order valence-corrected chi connectivity index (χ1v) is 14.8. The fourth-order valence-electron chi connectivity index (χ4n) is 5.14. The number of rotatable bonds is 16. The minimum atomic E-state index is -0.0932. The molecule has 0 bridgehead atoms. The number of nitrogens with one attached hydrogen (secondary N) is 4. The summed E-state index contributed by atoms with van der Waals surface area (Å²) in [6, 6.07) is 9.59. The zero-order valence-corrected chi connectivity index (χ0v) is 23.1. The summed E-state index contributed by atoms with van der Waals surface area (Å²) >= 11 is 0. The number of carbonyl (C=O) groups excluding carboxylic acids is 1. The lowest BCUT2D eigenvalue weighted by Gasteiger charge is -2.24. The fraction of sp³-hybridized carbons (Fsp3) is 0.655. The third-order valence-corrected chi connectivity index (χ3v) is 7.32. The van der Waals surface area contributed by atoms with Gasteiger partial charge >= 0.3 is 0 Å². The molecule has 1 heterocycles. The van der Waals surface area contributed by atoms with Crippen molar-refractivity contribution in [1.29, 1.82) is 0 Å². The molecule has 1 aromatic carbocycles. The molecule has 2 aromatic rings. The van der Waals surface area contributed by atoms with Crippen LogP contribution in [0.25, 0.3) is 0 Å². The molecule has 2 fully saturated rings. The molecule has 0 unspecified atom stereocenters. The lowest BCUT2D eigenvalue weighted by atomic mass is 9.89. The van der Waals surface area contributed by atoms with Gasteiger partial charge in [-0.05, 0) is 43.7 Å². The second-order valence-electron chi connectivity index (χ2n) is 10.4. The number of hydrogen-bond donors (Lipinski definition) is 4. The van der Waals surface area contributed by atoms with Crippen LogP contribution in [-0.2, 0) is 9.47 Å². The van der Waals surface area contributed by atoms with Gasteiger partial charge in [-0.15, -0.1) is 0 Å². The smallest absolute Gasteiger partial charge is 0.251 e. The maximum atomic E-state index is 12.0. The third-order valence-electron chi connectivity index (χ3n) is 7.32. The minimum Gasteiger partial charge on any atom is -0.377 e. The zero-order valence-electron chi connectivity index (χ0n) is 23.1. The van der Waals surface area contributed by atoms with Crippen molar-refractivity contribution in [2.45, 2.75) is 70.3 Å². The zero-order chi connectivity index (χ0) is 27.0. The summed E-state index contributed by atoms with van der Waals surface area (Å²) in [6.07, 6.45) is 12.7. The van der Waals surface area contributed by atoms with Crippen molar-refractivity contribution in [1.82, 2.24) is 20.3 Å². The maximum absolute atomic E-state index is 12.0. The van der Waals surface area contributed by atoms with Gasteiger partial charge in [-0.1, -0.05) is 56.7 Å². The summed E-state index contributed by atoms with van der Waals surface area (Å²) in [6.45, 7) is 3.86. The normalized spacial score (nSPS) is 16.5. The van der Waals surface area contributed by atoms with Crippen molar-refractivity contribution >= 4 is 23.8 Å². The molecule has 1 aromatic heterocycles. The van der Waals surface area contributed by atoms with Crippen molar-refractivity contribution in [2.24, 2.45) is 5.92 Å². The lowest BCUT2D eigenvalue weighted by Crippen LogP contribution is -2.27. The first kappa shape index (κ1) is 29.0. The van der Waals surface area contributed by atoms with Crippen LogP contribution in [0.5, 0.6) is 0 Å². The highest BCUT2D eigenvalue weighted by molar-refractivity contribution is 5.94. The van der Waals surface area contributed by atoms with Crippen LogP contribution < -0.4 is 21.3 Å². The van der Waals surface area contributed by atoms with Crippen LogP contribution in [0.4, 0.5) is 17.8 Å². The molecule has 10 heteroatoms. The first-order valence-electron chi connectivity index (χ1n) is 14.8. The van der Waals surface area contributed by atoms with E-state index in [-0.39, 0.29) is 5.91 Å². The maximum Gasteiger partial charge on any atom is 0.251 e. The lowest BCUT2D eigenvalue weighted by molar-refractivity contribution is 0.0519. The average molecular weight is 540 g/mol. The summed E-state index contributed by atoms with van der Waals surface area (Å²) in [7, 11) is 0. The van der Waals surface area contributed by atoms with Crippen LogP contribution in [-0.4, -0.2) is 73.0 Å². The predicted molar refractivity (Wildman–Crippen MR) is 154 cm³/mol. The Bertz CT molecular complexity index is 967. The highest BCUT2D eigenvalue weighted by Gasteiger charge is 2.17. The highest BCUT2D eigenvalue weighted by atomic mass is 16.5. The molecule has 0 saturated heterocycles.